The summed E-state index contributed by atoms with van der Waals surface area (Å²) < 4.78 is 11.0. The van der Waals surface area contributed by atoms with Crippen LogP contribution in [0.2, 0.25) is 5.02 Å². The summed E-state index contributed by atoms with van der Waals surface area (Å²) >= 11 is 5.87. The van der Waals surface area contributed by atoms with E-state index < -0.39 is 0 Å². The Labute approximate surface area is 142 Å². The Bertz CT molecular complexity index is 575. The van der Waals surface area contributed by atoms with E-state index in [0.717, 1.165) is 35.0 Å². The molecule has 0 saturated carbocycles. The van der Waals surface area contributed by atoms with Crippen molar-refractivity contribution in [2.45, 2.75) is 13.2 Å². The standard InChI is InChI=1S/C18H22ClNO3/c19-17-6-4-15(5-7-17)14-23-18-3-1-2-16(12-18)13-20-8-10-22-11-9-21/h1-7,12,20-21H,8-11,13-14H2. The zero-order valence-electron chi connectivity index (χ0n) is 13.0. The number of nitrogens with one attached hydrogen (secondary N) is 1. The zero-order valence-corrected chi connectivity index (χ0v) is 13.8. The van der Waals surface area contributed by atoms with Crippen molar-refractivity contribution in [3.05, 3.63) is 64.7 Å². The Morgan fingerprint density at radius 1 is 1.00 bits per heavy atom. The summed E-state index contributed by atoms with van der Waals surface area (Å²) in [6.45, 7) is 3.05. The maximum absolute atomic E-state index is 8.61. The highest BCUT2D eigenvalue weighted by Crippen LogP contribution is 2.16. The lowest BCUT2D eigenvalue weighted by Crippen LogP contribution is -2.20. The van der Waals surface area contributed by atoms with E-state index in [1.54, 1.807) is 0 Å². The van der Waals surface area contributed by atoms with Gasteiger partial charge in [0.05, 0.1) is 19.8 Å². The monoisotopic (exact) mass is 335 g/mol. The first-order chi connectivity index (χ1) is 11.3. The van der Waals surface area contributed by atoms with Gasteiger partial charge in [0.25, 0.3) is 0 Å². The lowest BCUT2D eigenvalue weighted by Gasteiger charge is -2.09. The Hall–Kier alpha value is -1.59. The second-order valence-corrected chi connectivity index (χ2v) is 5.51. The molecule has 0 aliphatic heterocycles. The number of benzene rings is 2. The van der Waals surface area contributed by atoms with Crippen LogP contribution in [-0.4, -0.2) is 31.5 Å². The Balaban J connectivity index is 1.74. The van der Waals surface area contributed by atoms with Gasteiger partial charge < -0.3 is 19.9 Å². The molecule has 0 heterocycles. The van der Waals surface area contributed by atoms with Crippen LogP contribution in [-0.2, 0) is 17.9 Å². The average molecular weight is 336 g/mol. The molecule has 0 unspecified atom stereocenters. The predicted octanol–water partition coefficient (Wildman–Crippen LogP) is 3.02. The van der Waals surface area contributed by atoms with Gasteiger partial charge in [-0.15, -0.1) is 0 Å². The second-order valence-electron chi connectivity index (χ2n) is 5.08. The van der Waals surface area contributed by atoms with Crippen molar-refractivity contribution >= 4 is 11.6 Å². The molecule has 2 N–H and O–H groups in total. The molecule has 2 rings (SSSR count). The molecule has 23 heavy (non-hydrogen) atoms. The van der Waals surface area contributed by atoms with Crippen LogP contribution in [0.4, 0.5) is 0 Å². The van der Waals surface area contributed by atoms with Crippen LogP contribution in [0.5, 0.6) is 5.75 Å². The fourth-order valence-corrected chi connectivity index (χ4v) is 2.16. The van der Waals surface area contributed by atoms with Gasteiger partial charge in [0.1, 0.15) is 12.4 Å². The van der Waals surface area contributed by atoms with Gasteiger partial charge in [0.2, 0.25) is 0 Å². The third kappa shape index (κ3) is 7.01. The molecule has 5 heteroatoms. The summed E-state index contributed by atoms with van der Waals surface area (Å²) in [5.41, 5.74) is 2.24. The molecule has 4 nitrogen and oxygen atoms in total. The summed E-state index contributed by atoms with van der Waals surface area (Å²) in [6, 6.07) is 15.6. The normalized spacial score (nSPS) is 10.7. The zero-order chi connectivity index (χ0) is 16.3. The van der Waals surface area contributed by atoms with Gasteiger partial charge in [-0.3, -0.25) is 0 Å². The highest BCUT2D eigenvalue weighted by molar-refractivity contribution is 6.30. The highest BCUT2D eigenvalue weighted by Gasteiger charge is 1.99. The topological polar surface area (TPSA) is 50.7 Å². The third-order valence-electron chi connectivity index (χ3n) is 3.21. The number of halogens is 1. The molecule has 0 spiro atoms. The molecule has 2 aromatic rings. The number of hydrogen-bond donors (Lipinski definition) is 2. The largest absolute Gasteiger partial charge is 0.489 e. The molecule has 0 aliphatic rings. The van der Waals surface area contributed by atoms with E-state index in [1.807, 2.05) is 42.5 Å². The minimum Gasteiger partial charge on any atom is -0.489 e. The van der Waals surface area contributed by atoms with Crippen LogP contribution in [0.1, 0.15) is 11.1 Å². The molecule has 0 atom stereocenters. The van der Waals surface area contributed by atoms with E-state index >= 15 is 0 Å². The maximum Gasteiger partial charge on any atom is 0.120 e. The smallest absolute Gasteiger partial charge is 0.120 e. The first-order valence-electron chi connectivity index (χ1n) is 7.63. The fourth-order valence-electron chi connectivity index (χ4n) is 2.04. The van der Waals surface area contributed by atoms with Crippen molar-refractivity contribution < 1.29 is 14.6 Å². The highest BCUT2D eigenvalue weighted by atomic mass is 35.5. The summed E-state index contributed by atoms with van der Waals surface area (Å²) in [6.07, 6.45) is 0. The quantitative estimate of drug-likeness (QED) is 0.655. The first-order valence-corrected chi connectivity index (χ1v) is 8.01. The number of ether oxygens (including phenoxy) is 2. The molecule has 2 aromatic carbocycles. The number of aliphatic hydroxyl groups is 1. The minimum absolute atomic E-state index is 0.0625. The summed E-state index contributed by atoms with van der Waals surface area (Å²) in [5.74, 6) is 0.843. The first kappa shape index (κ1) is 17.8. The lowest BCUT2D eigenvalue weighted by molar-refractivity contribution is 0.0938. The Kier molecular flexibility index (Phi) is 7.90. The summed E-state index contributed by atoms with van der Waals surface area (Å²) in [4.78, 5) is 0. The molecule has 0 fully saturated rings. The van der Waals surface area contributed by atoms with Crippen molar-refractivity contribution in [1.29, 1.82) is 0 Å². The van der Waals surface area contributed by atoms with Gasteiger partial charge in [-0.1, -0.05) is 35.9 Å². The van der Waals surface area contributed by atoms with Crippen molar-refractivity contribution in [3.8, 4) is 5.75 Å². The van der Waals surface area contributed by atoms with Crippen LogP contribution >= 0.6 is 11.6 Å². The van der Waals surface area contributed by atoms with Crippen LogP contribution in [0.25, 0.3) is 0 Å². The van der Waals surface area contributed by atoms with Gasteiger partial charge in [0.15, 0.2) is 0 Å². The maximum atomic E-state index is 8.61. The fraction of sp³-hybridized carbons (Fsp3) is 0.333. The lowest BCUT2D eigenvalue weighted by atomic mass is 10.2. The van der Waals surface area contributed by atoms with Gasteiger partial charge >= 0.3 is 0 Å². The average Bonchev–Trinajstić information content (AvgIpc) is 2.58. The van der Waals surface area contributed by atoms with Gasteiger partial charge in [-0.2, -0.15) is 0 Å². The van der Waals surface area contributed by atoms with Gasteiger partial charge in [-0.25, -0.2) is 0 Å². The molecule has 0 bridgehead atoms. The third-order valence-corrected chi connectivity index (χ3v) is 3.46. The van der Waals surface area contributed by atoms with Crippen LogP contribution < -0.4 is 10.1 Å². The van der Waals surface area contributed by atoms with E-state index in [1.165, 1.54) is 0 Å². The summed E-state index contributed by atoms with van der Waals surface area (Å²) in [5, 5.41) is 12.6. The Morgan fingerprint density at radius 2 is 1.83 bits per heavy atom. The molecular formula is C18H22ClNO3. The van der Waals surface area contributed by atoms with Gasteiger partial charge in [-0.05, 0) is 35.4 Å². The molecule has 0 aliphatic carbocycles. The minimum atomic E-state index is 0.0625. The predicted molar refractivity (Wildman–Crippen MR) is 91.8 cm³/mol. The van der Waals surface area contributed by atoms with Crippen molar-refractivity contribution in [2.75, 3.05) is 26.4 Å². The SMILES string of the molecule is OCCOCCNCc1cccc(OCc2ccc(Cl)cc2)c1. The van der Waals surface area contributed by atoms with Crippen LogP contribution in [0, 0.1) is 0 Å². The van der Waals surface area contributed by atoms with Crippen LogP contribution in [0.3, 0.4) is 0 Å². The van der Waals surface area contributed by atoms with Crippen molar-refractivity contribution in [3.63, 3.8) is 0 Å². The van der Waals surface area contributed by atoms with E-state index in [0.29, 0.717) is 19.8 Å². The summed E-state index contributed by atoms with van der Waals surface area (Å²) in [7, 11) is 0. The van der Waals surface area contributed by atoms with E-state index in [2.05, 4.69) is 11.4 Å². The van der Waals surface area contributed by atoms with E-state index in [9.17, 15) is 0 Å². The van der Waals surface area contributed by atoms with Crippen molar-refractivity contribution in [1.82, 2.24) is 5.32 Å². The number of rotatable bonds is 10. The molecule has 0 saturated heterocycles. The second kappa shape index (κ2) is 10.2. The van der Waals surface area contributed by atoms with Crippen LogP contribution in [0.15, 0.2) is 48.5 Å². The molecule has 0 amide bonds. The number of aliphatic hydroxyl groups excluding tert-OH is 1. The molecule has 124 valence electrons. The molecular weight excluding hydrogens is 314 g/mol. The van der Waals surface area contributed by atoms with E-state index in [4.69, 9.17) is 26.2 Å². The number of hydrogen-bond acceptors (Lipinski definition) is 4. The van der Waals surface area contributed by atoms with Gasteiger partial charge in [0, 0.05) is 18.1 Å². The Morgan fingerprint density at radius 3 is 2.61 bits per heavy atom. The molecule has 0 aromatic heterocycles. The molecule has 0 radical (unpaired) electrons. The van der Waals surface area contributed by atoms with Crippen molar-refractivity contribution in [2.24, 2.45) is 0 Å². The van der Waals surface area contributed by atoms with E-state index in [-0.39, 0.29) is 6.61 Å².